The van der Waals surface area contributed by atoms with Crippen molar-refractivity contribution < 1.29 is 19.5 Å². The molecule has 0 radical (unpaired) electrons. The third kappa shape index (κ3) is 0.0969. The Morgan fingerprint density at radius 2 is 0.629 bits per heavy atom. The molecule has 3 spiro atoms. The SMILES string of the molecule is P([C]12[CH]3[CH]4[CH]5[CH]1[Fe]45321678[CH]2[CH]1[CH]6[CH]7[CH]28)[C]12[CH]3[CH]4[CH]5[C]1(P[C]16[CH]7[CH]8[CH]9[CH]1[Fe]89761%10%11%12[CH]6[CH]1[CH]%10[CH]%11[CH]6%12)[Fe]43521678[CH]2[CH]1[CH]6[CH]7[CH]28. The Morgan fingerprint density at radius 1 is 0.314 bits per heavy atom. The van der Waals surface area contributed by atoms with E-state index < -0.39 is 19.5 Å². The molecule has 30 aliphatic heterocycles. The van der Waals surface area contributed by atoms with E-state index >= 15 is 0 Å². The molecule has 0 aliphatic carbocycles. The topological polar surface area (TPSA) is 0 Å². The summed E-state index contributed by atoms with van der Waals surface area (Å²) in [7, 11) is 3.66. The monoisotopic (exact) mass is 618 g/mol. The molecule has 35 heavy (non-hydrogen) atoms. The summed E-state index contributed by atoms with van der Waals surface area (Å²) in [6.07, 6.45) is 0. The molecule has 0 aromatic carbocycles. The fraction of sp³-hybridized carbons (Fsp3) is 1.00. The number of hydrogen-bond acceptors (Lipinski definition) is 0. The summed E-state index contributed by atoms with van der Waals surface area (Å²) in [5.41, 5.74) is 0. The van der Waals surface area contributed by atoms with Gasteiger partial charge in [0.15, 0.2) is 0 Å². The van der Waals surface area contributed by atoms with Gasteiger partial charge in [0, 0.05) is 0 Å². The van der Waals surface area contributed by atoms with Crippen LogP contribution in [-0.2, 0) is 19.5 Å². The van der Waals surface area contributed by atoms with E-state index in [0.717, 1.165) is 0 Å². The van der Waals surface area contributed by atoms with Crippen LogP contribution >= 0.6 is 17.2 Å². The molecule has 0 aromatic rings. The average molecular weight is 618 g/mol. The maximum atomic E-state index is 1.83. The van der Waals surface area contributed by atoms with Crippen LogP contribution in [0.25, 0.3) is 0 Å². The Morgan fingerprint density at radius 3 is 0.800 bits per heavy atom. The van der Waals surface area contributed by atoms with Crippen molar-refractivity contribution in [3.63, 3.8) is 0 Å². The molecule has 0 bridgehead atoms. The van der Waals surface area contributed by atoms with Gasteiger partial charge in [0.2, 0.25) is 0 Å². The van der Waals surface area contributed by atoms with Crippen molar-refractivity contribution in [2.75, 3.05) is 0 Å². The first kappa shape index (κ1) is 11.2. The summed E-state index contributed by atoms with van der Waals surface area (Å²) in [5, 5.41) is 0. The summed E-state index contributed by atoms with van der Waals surface area (Å²) in [5.74, 6) is 0. The summed E-state index contributed by atoms with van der Waals surface area (Å²) in [6, 6.07) is 0. The molecule has 30 saturated heterocycles. The van der Waals surface area contributed by atoms with Gasteiger partial charge in [0.1, 0.15) is 0 Å². The van der Waals surface area contributed by atoms with Gasteiger partial charge in [0.05, 0.1) is 0 Å². The molecule has 0 amide bonds. The molecule has 30 aliphatic rings. The van der Waals surface area contributed by atoms with Gasteiger partial charge in [-0.05, 0) is 0 Å². The first-order chi connectivity index (χ1) is 16.4. The zero-order chi connectivity index (χ0) is 19.4. The molecule has 0 N–H and O–H groups in total. The fourth-order valence-electron chi connectivity index (χ4n) is 50.8. The van der Waals surface area contributed by atoms with E-state index in [1.54, 1.807) is 125 Å². The van der Waals surface area contributed by atoms with Crippen molar-refractivity contribution in [3.05, 3.63) is 0 Å². The van der Waals surface area contributed by atoms with Crippen LogP contribution in [-0.4, -0.2) is 16.2 Å². The van der Waals surface area contributed by atoms with E-state index in [-0.39, 0.29) is 0 Å². The predicted molar refractivity (Wildman–Crippen MR) is 125 cm³/mol. The van der Waals surface area contributed by atoms with E-state index in [0.29, 0.717) is 0 Å². The van der Waals surface area contributed by atoms with Crippen LogP contribution in [0.4, 0.5) is 0 Å². The van der Waals surface area contributed by atoms with Crippen molar-refractivity contribution in [2.24, 2.45) is 0 Å². The first-order valence-corrected chi connectivity index (χ1v) is 37.4. The quantitative estimate of drug-likeness (QED) is 0.218. The van der Waals surface area contributed by atoms with E-state index in [9.17, 15) is 0 Å². The fourth-order valence-corrected chi connectivity index (χ4v) is 320. The van der Waals surface area contributed by atoms with Crippen LogP contribution in [0.15, 0.2) is 0 Å². The molecule has 0 aromatic heterocycles. The summed E-state index contributed by atoms with van der Waals surface area (Å²) in [6.45, 7) is -8.96. The molecular weight excluding hydrogens is 590 g/mol. The molecule has 30 heterocycles. The molecule has 0 nitrogen and oxygen atoms in total. The summed E-state index contributed by atoms with van der Waals surface area (Å²) < 4.78 is 5.54. The van der Waals surface area contributed by atoms with Crippen molar-refractivity contribution >= 4 is 17.2 Å². The van der Waals surface area contributed by atoms with Crippen LogP contribution < -0.4 is 0 Å². The van der Waals surface area contributed by atoms with Crippen molar-refractivity contribution in [3.8, 4) is 0 Å². The predicted octanol–water partition coefficient (Wildman–Crippen LogP) is 9.14. The van der Waals surface area contributed by atoms with E-state index in [1.807, 2.05) is 17.2 Å². The number of fused-ring (bicyclic) bond motifs is 30. The number of rotatable bonds is 4. The second-order valence-corrected chi connectivity index (χ2v) is 105. The molecule has 30 rings (SSSR count). The maximum absolute atomic E-state index is 3.17. The van der Waals surface area contributed by atoms with Gasteiger partial charge in [0.25, 0.3) is 0 Å². The zero-order valence-electron chi connectivity index (χ0n) is 19.1. The first-order valence-electron chi connectivity index (χ1n) is 16.7. The third-order valence-electron chi connectivity index (χ3n) is 45.0. The van der Waals surface area contributed by atoms with E-state index in [2.05, 4.69) is 0 Å². The van der Waals surface area contributed by atoms with Gasteiger partial charge in [-0.25, -0.2) is 0 Å². The van der Waals surface area contributed by atoms with Crippen molar-refractivity contribution in [2.45, 2.75) is 141 Å². The third-order valence-corrected chi connectivity index (χ3v) is 194. The molecule has 30 fully saturated rings. The van der Waals surface area contributed by atoms with Crippen molar-refractivity contribution in [1.29, 1.82) is 0 Å². The molecule has 14 unspecified atom stereocenters. The molecule has 5 heteroatoms. The summed E-state index contributed by atoms with van der Waals surface area (Å²) in [4.78, 5) is 43.1. The van der Waals surface area contributed by atoms with Crippen LogP contribution in [0.5, 0.6) is 0 Å². The summed E-state index contributed by atoms with van der Waals surface area (Å²) >= 11 is 0. The molecular formula is C30H28Fe3P2. The Balaban J connectivity index is 0.891. The second kappa shape index (κ2) is 0.784. The second-order valence-electron chi connectivity index (χ2n) is 29.4. The Bertz CT molecular complexity index is 2960. The van der Waals surface area contributed by atoms with Crippen molar-refractivity contribution in [1.82, 2.24) is 0 Å². The Labute approximate surface area is 176 Å². The minimum atomic E-state index is -3.17. The van der Waals surface area contributed by atoms with Gasteiger partial charge in [-0.2, -0.15) is 0 Å². The van der Waals surface area contributed by atoms with Crippen LogP contribution in [0.2, 0.25) is 125 Å². The molecule has 0 saturated carbocycles. The normalized spacial score (nSPS) is 172. The van der Waals surface area contributed by atoms with Crippen LogP contribution in [0.1, 0.15) is 0 Å². The standard InChI is InChI=1S/C15H13P2.3C5H5.3Fe/c1-2-7-12(6-1)16-14-10-5-11-15(14)17-13-8-3-4-9-13;3*1-2-4-5-3-1;;;/h1-11,16-17H;3*1-5H;;;. The van der Waals surface area contributed by atoms with Crippen LogP contribution in [0, 0.1) is 0 Å². The molecule has 182 valence electrons. The number of hydrogen-bond donors (Lipinski definition) is 0. The minimum absolute atomic E-state index is 1.38. The van der Waals surface area contributed by atoms with Gasteiger partial charge in [-0.1, -0.05) is 0 Å². The van der Waals surface area contributed by atoms with Gasteiger partial charge in [-0.15, -0.1) is 0 Å². The van der Waals surface area contributed by atoms with Crippen LogP contribution in [0.3, 0.4) is 0 Å². The Hall–Kier alpha value is 2.42. The van der Waals surface area contributed by atoms with E-state index in [1.165, 1.54) is 16.2 Å². The average Bonchev–Trinajstić information content (AvgIpc) is 3.61. The Kier molecular flexibility index (Phi) is 0.252. The zero-order valence-corrected chi connectivity index (χ0v) is 24.4. The van der Waals surface area contributed by atoms with Gasteiger partial charge >= 0.3 is 178 Å². The molecule has 14 atom stereocenters. The van der Waals surface area contributed by atoms with Gasteiger partial charge in [-0.3, -0.25) is 0 Å². The van der Waals surface area contributed by atoms with Gasteiger partial charge < -0.3 is 0 Å². The van der Waals surface area contributed by atoms with E-state index in [4.69, 9.17) is 0 Å².